The molecule has 0 amide bonds. The second-order valence-electron chi connectivity index (χ2n) is 3.18. The molecule has 0 N–H and O–H groups in total. The summed E-state index contributed by atoms with van der Waals surface area (Å²) in [5.74, 6) is 0. The van der Waals surface area contributed by atoms with Gasteiger partial charge in [0.2, 0.25) is 0 Å². The number of nitrogens with zero attached hydrogens (tertiary/aromatic N) is 2. The normalized spacial score (nSPS) is 9.57. The Morgan fingerprint density at radius 1 is 1.43 bits per heavy atom. The van der Waals surface area contributed by atoms with Gasteiger partial charge in [0.05, 0.1) is 12.0 Å². The van der Waals surface area contributed by atoms with E-state index in [1.807, 2.05) is 36.9 Å². The molecular weight excluding hydrogens is 249 g/mol. The first kappa shape index (κ1) is 11.6. The Hall–Kier alpha value is -0.466. The number of rotatable bonds is 1. The van der Waals surface area contributed by atoms with Crippen LogP contribution in [0, 0.1) is 13.0 Å². The summed E-state index contributed by atoms with van der Waals surface area (Å²) in [6.45, 7) is 2.03. The van der Waals surface area contributed by atoms with Crippen LogP contribution in [-0.4, -0.2) is 9.55 Å². The summed E-state index contributed by atoms with van der Waals surface area (Å²) in [7, 11) is 1.97. The third-order valence-corrected chi connectivity index (χ3v) is 1.95. The number of benzene rings is 1. The van der Waals surface area contributed by atoms with Crippen LogP contribution in [0.4, 0.5) is 0 Å². The van der Waals surface area contributed by atoms with Crippen LogP contribution in [0.5, 0.6) is 0 Å². The maximum Gasteiger partial charge on any atom is 0.0950 e. The average Bonchev–Trinajstić information content (AvgIpc) is 2.52. The van der Waals surface area contributed by atoms with Gasteiger partial charge in [0, 0.05) is 46.0 Å². The van der Waals surface area contributed by atoms with Gasteiger partial charge in [-0.15, -0.1) is 5.56 Å². The molecule has 0 fully saturated rings. The Morgan fingerprint density at radius 3 is 2.79 bits per heavy atom. The number of hydrogen-bond acceptors (Lipinski definition) is 1. The number of hydrogen-bond donors (Lipinski definition) is 0. The predicted octanol–water partition coefficient (Wildman–Crippen LogP) is 2.19. The minimum absolute atomic E-state index is 0. The van der Waals surface area contributed by atoms with Crippen LogP contribution in [0.1, 0.15) is 5.56 Å². The standard InChI is InChI=1S/C11H11N2.Y/c1-9-4-3-5-10(6-9)11-7-13(2)8-12-11;/h3,5-8H,1-2H3;/q-1;. The predicted molar refractivity (Wildman–Crippen MR) is 52.2 cm³/mol. The molecule has 0 saturated heterocycles. The van der Waals surface area contributed by atoms with Crippen molar-refractivity contribution in [3.63, 3.8) is 0 Å². The van der Waals surface area contributed by atoms with Gasteiger partial charge >= 0.3 is 0 Å². The maximum atomic E-state index is 4.28. The number of aryl methyl sites for hydroxylation is 2. The SMILES string of the molecule is Cc1[c-]ccc(-c2cn(C)cn2)c1.[Y]. The second kappa shape index (κ2) is 4.85. The van der Waals surface area contributed by atoms with E-state index < -0.39 is 0 Å². The molecule has 0 spiro atoms. The zero-order valence-corrected chi connectivity index (χ0v) is 11.2. The van der Waals surface area contributed by atoms with E-state index in [0.717, 1.165) is 16.8 Å². The fourth-order valence-electron chi connectivity index (χ4n) is 1.31. The van der Waals surface area contributed by atoms with Gasteiger partial charge in [0.25, 0.3) is 0 Å². The summed E-state index contributed by atoms with van der Waals surface area (Å²) < 4.78 is 1.95. The molecule has 2 nitrogen and oxygen atoms in total. The third kappa shape index (κ3) is 2.52. The van der Waals surface area contributed by atoms with Gasteiger partial charge in [-0.2, -0.15) is 29.8 Å². The monoisotopic (exact) mass is 260 g/mol. The third-order valence-electron chi connectivity index (χ3n) is 1.95. The topological polar surface area (TPSA) is 17.8 Å². The molecule has 0 unspecified atom stereocenters. The first-order valence-electron chi connectivity index (χ1n) is 4.22. The van der Waals surface area contributed by atoms with E-state index in [4.69, 9.17) is 0 Å². The van der Waals surface area contributed by atoms with Crippen molar-refractivity contribution >= 4 is 0 Å². The van der Waals surface area contributed by atoms with Gasteiger partial charge in [-0.25, -0.2) is 4.98 Å². The number of imidazole rings is 1. The van der Waals surface area contributed by atoms with E-state index in [1.165, 1.54) is 0 Å². The fourth-order valence-corrected chi connectivity index (χ4v) is 1.31. The zero-order chi connectivity index (χ0) is 9.26. The largest absolute Gasteiger partial charge is 0.340 e. The Bertz CT molecular complexity index is 421. The summed E-state index contributed by atoms with van der Waals surface area (Å²) >= 11 is 0. The van der Waals surface area contributed by atoms with Crippen molar-refractivity contribution in [1.29, 1.82) is 0 Å². The minimum atomic E-state index is 0. The van der Waals surface area contributed by atoms with Crippen LogP contribution < -0.4 is 0 Å². The summed E-state index contributed by atoms with van der Waals surface area (Å²) in [5.41, 5.74) is 3.31. The van der Waals surface area contributed by atoms with Crippen LogP contribution in [-0.2, 0) is 39.8 Å². The van der Waals surface area contributed by atoms with Crippen LogP contribution in [0.2, 0.25) is 0 Å². The van der Waals surface area contributed by atoms with Crippen LogP contribution in [0.25, 0.3) is 11.3 Å². The van der Waals surface area contributed by atoms with Crippen LogP contribution in [0.3, 0.4) is 0 Å². The molecule has 69 valence electrons. The molecule has 0 aliphatic carbocycles. The van der Waals surface area contributed by atoms with E-state index in [-0.39, 0.29) is 32.7 Å². The first-order valence-corrected chi connectivity index (χ1v) is 4.22. The molecule has 2 aromatic rings. The van der Waals surface area contributed by atoms with Crippen molar-refractivity contribution < 1.29 is 32.7 Å². The summed E-state index contributed by atoms with van der Waals surface area (Å²) in [6.07, 6.45) is 3.82. The molecule has 3 heteroatoms. The molecule has 1 heterocycles. The van der Waals surface area contributed by atoms with Crippen LogP contribution >= 0.6 is 0 Å². The van der Waals surface area contributed by atoms with Crippen molar-refractivity contribution in [2.24, 2.45) is 7.05 Å². The Balaban J connectivity index is 0.000000980. The molecule has 1 radical (unpaired) electrons. The Labute approximate surface area is 109 Å². The first-order chi connectivity index (χ1) is 6.25. The molecule has 0 saturated carbocycles. The molecular formula is C11H11N2Y-. The van der Waals surface area contributed by atoms with Gasteiger partial charge in [-0.1, -0.05) is 6.92 Å². The quantitative estimate of drug-likeness (QED) is 0.719. The molecule has 1 aromatic heterocycles. The molecule has 0 atom stereocenters. The molecule has 2 rings (SSSR count). The molecule has 1 aromatic carbocycles. The second-order valence-corrected chi connectivity index (χ2v) is 3.18. The van der Waals surface area contributed by atoms with E-state index in [9.17, 15) is 0 Å². The Morgan fingerprint density at radius 2 is 2.21 bits per heavy atom. The van der Waals surface area contributed by atoms with E-state index in [2.05, 4.69) is 17.1 Å². The van der Waals surface area contributed by atoms with Crippen LogP contribution in [0.15, 0.2) is 30.7 Å². The van der Waals surface area contributed by atoms with Crippen molar-refractivity contribution in [1.82, 2.24) is 9.55 Å². The maximum absolute atomic E-state index is 4.28. The number of aromatic nitrogens is 2. The van der Waals surface area contributed by atoms with Crippen molar-refractivity contribution in [2.45, 2.75) is 6.92 Å². The molecule has 14 heavy (non-hydrogen) atoms. The zero-order valence-electron chi connectivity index (χ0n) is 8.36. The van der Waals surface area contributed by atoms with E-state index >= 15 is 0 Å². The van der Waals surface area contributed by atoms with E-state index in [1.54, 1.807) is 6.33 Å². The summed E-state index contributed by atoms with van der Waals surface area (Å²) in [4.78, 5) is 4.28. The summed E-state index contributed by atoms with van der Waals surface area (Å²) in [6, 6.07) is 9.15. The van der Waals surface area contributed by atoms with Gasteiger partial charge in [-0.3, -0.25) is 0 Å². The average molecular weight is 260 g/mol. The fraction of sp³-hybridized carbons (Fsp3) is 0.182. The van der Waals surface area contributed by atoms with Gasteiger partial charge in [0.1, 0.15) is 0 Å². The van der Waals surface area contributed by atoms with Gasteiger partial charge in [-0.05, 0) is 0 Å². The van der Waals surface area contributed by atoms with E-state index in [0.29, 0.717) is 0 Å². The minimum Gasteiger partial charge on any atom is -0.340 e. The van der Waals surface area contributed by atoms with Crippen molar-refractivity contribution in [3.05, 3.63) is 42.4 Å². The molecule has 0 bridgehead atoms. The van der Waals surface area contributed by atoms with Gasteiger partial charge < -0.3 is 4.57 Å². The Kier molecular flexibility index (Phi) is 4.02. The molecule has 0 aliphatic heterocycles. The smallest absolute Gasteiger partial charge is 0.0950 e. The molecule has 0 aliphatic rings. The van der Waals surface area contributed by atoms with Crippen molar-refractivity contribution in [3.8, 4) is 11.3 Å². The van der Waals surface area contributed by atoms with Crippen molar-refractivity contribution in [2.75, 3.05) is 0 Å². The van der Waals surface area contributed by atoms with Gasteiger partial charge in [0.15, 0.2) is 0 Å². The summed E-state index contributed by atoms with van der Waals surface area (Å²) in [5, 5.41) is 0.